The summed E-state index contributed by atoms with van der Waals surface area (Å²) in [5.74, 6) is -0.692. The van der Waals surface area contributed by atoms with E-state index < -0.39 is 5.91 Å². The molecule has 4 heteroatoms. The number of amides is 1. The summed E-state index contributed by atoms with van der Waals surface area (Å²) >= 11 is 1.79. The molecule has 1 unspecified atom stereocenters. The Bertz CT molecular complexity index is 387. The lowest BCUT2D eigenvalue weighted by Gasteiger charge is -2.08. The number of primary amides is 1. The van der Waals surface area contributed by atoms with Gasteiger partial charge in [-0.15, -0.1) is 11.8 Å². The molecule has 1 amide bonds. The number of hydrogen-bond donors (Lipinski definition) is 2. The first-order valence-electron chi connectivity index (χ1n) is 6.20. The van der Waals surface area contributed by atoms with E-state index in [9.17, 15) is 4.79 Å². The van der Waals surface area contributed by atoms with Gasteiger partial charge in [0.1, 0.15) is 5.71 Å². The Kier molecular flexibility index (Phi) is 8.12. The van der Waals surface area contributed by atoms with Crippen molar-refractivity contribution in [3.63, 3.8) is 0 Å². The largest absolute Gasteiger partial charge is 0.364 e. The quantitative estimate of drug-likeness (QED) is 0.633. The first-order valence-corrected chi connectivity index (χ1v) is 7.08. The van der Waals surface area contributed by atoms with Gasteiger partial charge in [-0.1, -0.05) is 39.8 Å². The Labute approximate surface area is 114 Å². The van der Waals surface area contributed by atoms with Crippen LogP contribution in [0.1, 0.15) is 39.7 Å². The standard InChI is InChI=1S/C12H16N2OS.C2H6/c1-3-8(2)16-10-6-4-9(5-7-10)11(13)12(14)15;1-2/h4-8,13H,3H2,1-2H3,(H2,14,15);1-2H3. The third-order valence-corrected chi connectivity index (χ3v) is 3.58. The van der Waals surface area contributed by atoms with E-state index in [1.165, 1.54) is 0 Å². The van der Waals surface area contributed by atoms with Gasteiger partial charge in [-0.2, -0.15) is 0 Å². The minimum absolute atomic E-state index is 0.139. The molecular formula is C14H22N2OS. The number of carbonyl (C=O) groups is 1. The highest BCUT2D eigenvalue weighted by Gasteiger charge is 2.08. The molecule has 1 aromatic rings. The molecule has 1 atom stereocenters. The van der Waals surface area contributed by atoms with Gasteiger partial charge >= 0.3 is 0 Å². The van der Waals surface area contributed by atoms with Crippen molar-refractivity contribution in [3.8, 4) is 0 Å². The van der Waals surface area contributed by atoms with Crippen LogP contribution in [0.3, 0.4) is 0 Å². The van der Waals surface area contributed by atoms with E-state index in [-0.39, 0.29) is 5.71 Å². The molecule has 0 aliphatic carbocycles. The smallest absolute Gasteiger partial charge is 0.267 e. The molecule has 3 nitrogen and oxygen atoms in total. The molecule has 0 aromatic heterocycles. The van der Waals surface area contributed by atoms with E-state index in [4.69, 9.17) is 11.1 Å². The van der Waals surface area contributed by atoms with Gasteiger partial charge in [0.15, 0.2) is 0 Å². The van der Waals surface area contributed by atoms with Gasteiger partial charge in [0.2, 0.25) is 0 Å². The van der Waals surface area contributed by atoms with Crippen LogP contribution in [0.15, 0.2) is 29.2 Å². The fourth-order valence-electron chi connectivity index (χ4n) is 1.16. The van der Waals surface area contributed by atoms with Crippen LogP contribution < -0.4 is 5.73 Å². The van der Waals surface area contributed by atoms with Gasteiger partial charge in [0.05, 0.1) is 0 Å². The minimum atomic E-state index is -0.692. The van der Waals surface area contributed by atoms with Crippen LogP contribution >= 0.6 is 11.8 Å². The predicted octanol–water partition coefficient (Wildman–Crippen LogP) is 3.46. The fourth-order valence-corrected chi connectivity index (χ4v) is 2.08. The van der Waals surface area contributed by atoms with Crippen LogP contribution in [-0.2, 0) is 4.79 Å². The zero-order valence-corrected chi connectivity index (χ0v) is 12.3. The van der Waals surface area contributed by atoms with Gasteiger partial charge < -0.3 is 5.73 Å². The minimum Gasteiger partial charge on any atom is -0.364 e. The summed E-state index contributed by atoms with van der Waals surface area (Å²) in [5, 5.41) is 8.02. The first kappa shape index (κ1) is 16.7. The molecule has 1 rings (SSSR count). The highest BCUT2D eigenvalue weighted by Crippen LogP contribution is 2.25. The molecule has 18 heavy (non-hydrogen) atoms. The Morgan fingerprint density at radius 3 is 2.22 bits per heavy atom. The lowest BCUT2D eigenvalue weighted by molar-refractivity contribution is -0.112. The number of hydrogen-bond acceptors (Lipinski definition) is 3. The molecule has 0 heterocycles. The molecule has 3 N–H and O–H groups in total. The molecule has 1 aromatic carbocycles. The molecule has 0 spiro atoms. The van der Waals surface area contributed by atoms with Crippen LogP contribution in [0.2, 0.25) is 0 Å². The second kappa shape index (κ2) is 8.75. The maximum absolute atomic E-state index is 10.8. The number of rotatable bonds is 5. The average molecular weight is 266 g/mol. The van der Waals surface area contributed by atoms with Crippen LogP contribution in [0.4, 0.5) is 0 Å². The summed E-state index contributed by atoms with van der Waals surface area (Å²) in [6.45, 7) is 8.32. The van der Waals surface area contributed by atoms with E-state index in [1.807, 2.05) is 26.0 Å². The lowest BCUT2D eigenvalue weighted by atomic mass is 10.1. The molecule has 0 saturated carbocycles. The topological polar surface area (TPSA) is 66.9 Å². The van der Waals surface area contributed by atoms with Crippen molar-refractivity contribution in [1.29, 1.82) is 5.41 Å². The molecule has 0 bridgehead atoms. The van der Waals surface area contributed by atoms with Crippen molar-refractivity contribution in [2.75, 3.05) is 0 Å². The van der Waals surface area contributed by atoms with E-state index in [0.717, 1.165) is 11.3 Å². The molecule has 0 radical (unpaired) electrons. The average Bonchev–Trinajstić information content (AvgIpc) is 2.40. The fraction of sp³-hybridized carbons (Fsp3) is 0.429. The maximum atomic E-state index is 10.8. The third-order valence-electron chi connectivity index (χ3n) is 2.30. The van der Waals surface area contributed by atoms with Crippen molar-refractivity contribution < 1.29 is 4.79 Å². The van der Waals surface area contributed by atoms with Crippen molar-refractivity contribution in [1.82, 2.24) is 0 Å². The summed E-state index contributed by atoms with van der Waals surface area (Å²) < 4.78 is 0. The van der Waals surface area contributed by atoms with Crippen molar-refractivity contribution in [2.45, 2.75) is 44.3 Å². The van der Waals surface area contributed by atoms with Gasteiger partial charge in [-0.05, 0) is 18.6 Å². The molecule has 0 fully saturated rings. The second-order valence-electron chi connectivity index (χ2n) is 3.60. The number of carbonyl (C=O) groups excluding carboxylic acids is 1. The van der Waals surface area contributed by atoms with Gasteiger partial charge in [0.25, 0.3) is 5.91 Å². The van der Waals surface area contributed by atoms with Crippen LogP contribution in [0.5, 0.6) is 0 Å². The lowest BCUT2D eigenvalue weighted by Crippen LogP contribution is -2.22. The van der Waals surface area contributed by atoms with Crippen LogP contribution in [-0.4, -0.2) is 16.9 Å². The summed E-state index contributed by atoms with van der Waals surface area (Å²) in [5.41, 5.74) is 5.47. The third kappa shape index (κ3) is 5.36. The van der Waals surface area contributed by atoms with E-state index >= 15 is 0 Å². The Morgan fingerprint density at radius 2 is 1.83 bits per heavy atom. The first-order chi connectivity index (χ1) is 8.54. The SMILES string of the molecule is CC.CCC(C)Sc1ccc(C(=N)C(N)=O)cc1. The van der Waals surface area contributed by atoms with E-state index in [1.54, 1.807) is 23.9 Å². The monoisotopic (exact) mass is 266 g/mol. The number of benzene rings is 1. The van der Waals surface area contributed by atoms with Gasteiger partial charge in [0, 0.05) is 15.7 Å². The summed E-state index contributed by atoms with van der Waals surface area (Å²) in [4.78, 5) is 11.9. The molecule has 0 saturated heterocycles. The zero-order chi connectivity index (χ0) is 14.1. The predicted molar refractivity (Wildman–Crippen MR) is 79.4 cm³/mol. The van der Waals surface area contributed by atoms with Crippen LogP contribution in [0, 0.1) is 5.41 Å². The number of thioether (sulfide) groups is 1. The highest BCUT2D eigenvalue weighted by atomic mass is 32.2. The van der Waals surface area contributed by atoms with E-state index in [2.05, 4.69) is 13.8 Å². The van der Waals surface area contributed by atoms with Crippen LogP contribution in [0.25, 0.3) is 0 Å². The van der Waals surface area contributed by atoms with E-state index in [0.29, 0.717) is 10.8 Å². The summed E-state index contributed by atoms with van der Waals surface area (Å²) in [7, 11) is 0. The zero-order valence-electron chi connectivity index (χ0n) is 11.5. The Hall–Kier alpha value is -1.29. The highest BCUT2D eigenvalue weighted by molar-refractivity contribution is 7.99. The maximum Gasteiger partial charge on any atom is 0.267 e. The number of nitrogens with one attached hydrogen (secondary N) is 1. The Morgan fingerprint density at radius 1 is 1.33 bits per heavy atom. The molecule has 0 aliphatic heterocycles. The van der Waals surface area contributed by atoms with Crippen molar-refractivity contribution in [3.05, 3.63) is 29.8 Å². The summed E-state index contributed by atoms with van der Waals surface area (Å²) in [6.07, 6.45) is 1.11. The Balaban J connectivity index is 0.00000137. The van der Waals surface area contributed by atoms with Crippen molar-refractivity contribution in [2.24, 2.45) is 5.73 Å². The van der Waals surface area contributed by atoms with Gasteiger partial charge in [-0.3, -0.25) is 10.2 Å². The molecule has 100 valence electrons. The summed E-state index contributed by atoms with van der Waals surface area (Å²) in [6, 6.07) is 7.36. The van der Waals surface area contributed by atoms with Crippen molar-refractivity contribution >= 4 is 23.4 Å². The van der Waals surface area contributed by atoms with Gasteiger partial charge in [-0.25, -0.2) is 0 Å². The normalized spacial score (nSPS) is 11.1. The number of nitrogens with two attached hydrogens (primary N) is 1. The molecular weight excluding hydrogens is 244 g/mol. The molecule has 0 aliphatic rings. The second-order valence-corrected chi connectivity index (χ2v) is 5.11.